The fourth-order valence-corrected chi connectivity index (χ4v) is 6.48. The summed E-state index contributed by atoms with van der Waals surface area (Å²) in [5.41, 5.74) is 5.87. The predicted octanol–water partition coefficient (Wildman–Crippen LogP) is 3.21. The van der Waals surface area contributed by atoms with E-state index in [2.05, 4.69) is 20.5 Å². The Morgan fingerprint density at radius 2 is 1.94 bits per heavy atom. The van der Waals surface area contributed by atoms with Gasteiger partial charge in [-0.15, -0.1) is 5.10 Å². The number of anilines is 1. The van der Waals surface area contributed by atoms with Crippen LogP contribution in [0.3, 0.4) is 0 Å². The van der Waals surface area contributed by atoms with Gasteiger partial charge in [0.25, 0.3) is 5.91 Å². The molecule has 0 bridgehead atoms. The number of carbonyl (C=O) groups is 1. The van der Waals surface area contributed by atoms with E-state index in [9.17, 15) is 17.6 Å². The van der Waals surface area contributed by atoms with Crippen LogP contribution >= 0.6 is 0 Å². The molecule has 1 aliphatic heterocycles. The minimum atomic E-state index is -3.80. The molecule has 4 rings (SSSR count). The molecule has 3 aromatic rings. The lowest BCUT2D eigenvalue weighted by molar-refractivity contribution is 0.0929. The van der Waals surface area contributed by atoms with Crippen molar-refractivity contribution < 1.29 is 22.0 Å². The van der Waals surface area contributed by atoms with Crippen LogP contribution in [0.15, 0.2) is 42.5 Å². The Morgan fingerprint density at radius 3 is 2.60 bits per heavy atom. The molecule has 1 saturated heterocycles. The SMILES string of the molecule is CC(NC(=O)c1nc(N)n[nH]1)c1cc(F)c(CN2[C@@H](C)CC[C@H](c3ccccc3)S2(=O)=O)cc1F. The van der Waals surface area contributed by atoms with Gasteiger partial charge in [0.2, 0.25) is 21.8 Å². The van der Waals surface area contributed by atoms with Gasteiger partial charge in [0, 0.05) is 23.7 Å². The monoisotopic (exact) mass is 504 g/mol. The first-order valence-electron chi connectivity index (χ1n) is 11.1. The quantitative estimate of drug-likeness (QED) is 0.472. The van der Waals surface area contributed by atoms with Crippen molar-refractivity contribution in [3.05, 3.63) is 76.6 Å². The highest BCUT2D eigenvalue weighted by Gasteiger charge is 2.40. The van der Waals surface area contributed by atoms with Crippen molar-refractivity contribution >= 4 is 21.9 Å². The number of H-pyrrole nitrogens is 1. The number of sulfonamides is 1. The van der Waals surface area contributed by atoms with Gasteiger partial charge in [0.05, 0.1) is 6.04 Å². The highest BCUT2D eigenvalue weighted by atomic mass is 32.2. The minimum absolute atomic E-state index is 0.0862. The molecule has 4 N–H and O–H groups in total. The third-order valence-electron chi connectivity index (χ3n) is 6.22. The third kappa shape index (κ3) is 5.03. The minimum Gasteiger partial charge on any atom is -0.366 e. The van der Waals surface area contributed by atoms with Crippen LogP contribution in [0.1, 0.15) is 65.3 Å². The van der Waals surface area contributed by atoms with Crippen molar-refractivity contribution in [2.75, 3.05) is 5.73 Å². The smallest absolute Gasteiger partial charge is 0.289 e. The van der Waals surface area contributed by atoms with E-state index in [1.165, 1.54) is 11.2 Å². The largest absolute Gasteiger partial charge is 0.366 e. The molecule has 2 aromatic carbocycles. The molecule has 3 atom stereocenters. The maximum absolute atomic E-state index is 15.1. The molecule has 0 radical (unpaired) electrons. The number of carbonyl (C=O) groups excluding carboxylic acids is 1. The predicted molar refractivity (Wildman–Crippen MR) is 125 cm³/mol. The Kier molecular flexibility index (Phi) is 6.86. The van der Waals surface area contributed by atoms with Crippen molar-refractivity contribution in [2.45, 2.75) is 50.6 Å². The molecule has 0 aliphatic carbocycles. The zero-order valence-corrected chi connectivity index (χ0v) is 20.0. The summed E-state index contributed by atoms with van der Waals surface area (Å²) < 4.78 is 58.1. The van der Waals surface area contributed by atoms with Gasteiger partial charge in [-0.25, -0.2) is 17.2 Å². The number of nitrogens with zero attached hydrogens (tertiary/aromatic N) is 3. The van der Waals surface area contributed by atoms with Crippen LogP contribution in [0.4, 0.5) is 14.7 Å². The summed E-state index contributed by atoms with van der Waals surface area (Å²) in [6, 6.07) is 9.56. The maximum Gasteiger partial charge on any atom is 0.289 e. The van der Waals surface area contributed by atoms with Crippen LogP contribution in [0.25, 0.3) is 0 Å². The summed E-state index contributed by atoms with van der Waals surface area (Å²) in [4.78, 5) is 15.9. The Morgan fingerprint density at radius 1 is 1.23 bits per heavy atom. The van der Waals surface area contributed by atoms with Crippen molar-refractivity contribution in [2.24, 2.45) is 0 Å². The van der Waals surface area contributed by atoms with Gasteiger partial charge in [-0.05, 0) is 44.4 Å². The number of nitrogens with one attached hydrogen (secondary N) is 2. The second kappa shape index (κ2) is 9.70. The molecule has 0 saturated carbocycles. The molecular formula is C23H26F2N6O3S. The number of halogens is 2. The molecule has 1 amide bonds. The van der Waals surface area contributed by atoms with Gasteiger partial charge in [-0.2, -0.15) is 9.29 Å². The van der Waals surface area contributed by atoms with Crippen molar-refractivity contribution in [1.82, 2.24) is 24.8 Å². The van der Waals surface area contributed by atoms with Crippen LogP contribution in [0.2, 0.25) is 0 Å². The lowest BCUT2D eigenvalue weighted by Gasteiger charge is -2.37. The molecule has 186 valence electrons. The maximum atomic E-state index is 15.1. The van der Waals surface area contributed by atoms with Crippen molar-refractivity contribution in [3.8, 4) is 0 Å². The first-order valence-corrected chi connectivity index (χ1v) is 12.6. The highest BCUT2D eigenvalue weighted by Crippen LogP contribution is 2.38. The Balaban J connectivity index is 1.55. The molecule has 1 fully saturated rings. The molecule has 0 spiro atoms. The van der Waals surface area contributed by atoms with Crippen molar-refractivity contribution in [3.63, 3.8) is 0 Å². The Bertz CT molecular complexity index is 1330. The Hall–Kier alpha value is -3.38. The number of aromatic amines is 1. The number of hydrogen-bond donors (Lipinski definition) is 3. The summed E-state index contributed by atoms with van der Waals surface area (Å²) in [5.74, 6) is -2.51. The average molecular weight is 505 g/mol. The van der Waals surface area contributed by atoms with Gasteiger partial charge < -0.3 is 11.1 Å². The van der Waals surface area contributed by atoms with Gasteiger partial charge in [-0.3, -0.25) is 9.89 Å². The molecule has 1 aromatic heterocycles. The summed E-state index contributed by atoms with van der Waals surface area (Å²) in [6.07, 6.45) is 1.05. The summed E-state index contributed by atoms with van der Waals surface area (Å²) in [6.45, 7) is 2.94. The number of aromatic nitrogens is 3. The Labute approximate surface area is 201 Å². The lowest BCUT2D eigenvalue weighted by atomic mass is 10.0. The van der Waals surface area contributed by atoms with Gasteiger partial charge in [0.15, 0.2) is 0 Å². The molecular weight excluding hydrogens is 478 g/mol. The van der Waals surface area contributed by atoms with Gasteiger partial charge >= 0.3 is 0 Å². The lowest BCUT2D eigenvalue weighted by Crippen LogP contribution is -2.44. The molecule has 9 nitrogen and oxygen atoms in total. The zero-order chi connectivity index (χ0) is 25.3. The normalized spacial score (nSPS) is 20.9. The van der Waals surface area contributed by atoms with E-state index in [0.29, 0.717) is 18.4 Å². The number of hydrogen-bond acceptors (Lipinski definition) is 6. The van der Waals surface area contributed by atoms with Crippen molar-refractivity contribution in [1.29, 1.82) is 0 Å². The van der Waals surface area contributed by atoms with E-state index < -0.39 is 38.9 Å². The first kappa shape index (κ1) is 24.7. The zero-order valence-electron chi connectivity index (χ0n) is 19.2. The van der Waals surface area contributed by atoms with E-state index in [4.69, 9.17) is 5.73 Å². The first-order chi connectivity index (χ1) is 16.6. The van der Waals surface area contributed by atoms with E-state index in [1.54, 1.807) is 31.2 Å². The fraction of sp³-hybridized carbons (Fsp3) is 0.348. The molecule has 1 aliphatic rings. The van der Waals surface area contributed by atoms with E-state index in [0.717, 1.165) is 12.1 Å². The van der Waals surface area contributed by atoms with Crippen LogP contribution in [-0.2, 0) is 16.6 Å². The van der Waals surface area contributed by atoms with E-state index in [-0.39, 0.29) is 35.5 Å². The van der Waals surface area contributed by atoms with Crippen LogP contribution in [0, 0.1) is 11.6 Å². The standard InChI is InChI=1S/C23H26F2N6O3S/c1-13-8-9-20(15-6-4-3-5-7-15)35(33,34)31(13)12-16-10-19(25)17(11-18(16)24)14(2)27-22(32)21-28-23(26)30-29-21/h3-7,10-11,13-14,20H,8-9,12H2,1-2H3,(H,27,32)(H3,26,28,29,30)/t13-,14?,20+/m0/s1. The van der Waals surface area contributed by atoms with Crippen LogP contribution < -0.4 is 11.1 Å². The third-order valence-corrected chi connectivity index (χ3v) is 8.59. The van der Waals surface area contributed by atoms with Crippen LogP contribution in [-0.4, -0.2) is 39.9 Å². The van der Waals surface area contributed by atoms with E-state index >= 15 is 4.39 Å². The average Bonchev–Trinajstić information content (AvgIpc) is 3.25. The topological polar surface area (TPSA) is 134 Å². The number of nitrogens with two attached hydrogens (primary N) is 1. The molecule has 35 heavy (non-hydrogen) atoms. The number of amides is 1. The summed E-state index contributed by atoms with van der Waals surface area (Å²) in [7, 11) is -3.80. The second-order valence-electron chi connectivity index (χ2n) is 8.62. The number of rotatable bonds is 6. The molecule has 2 heterocycles. The fourth-order valence-electron chi connectivity index (χ4n) is 4.30. The summed E-state index contributed by atoms with van der Waals surface area (Å²) >= 11 is 0. The molecule has 1 unspecified atom stereocenters. The molecule has 12 heteroatoms. The van der Waals surface area contributed by atoms with Crippen LogP contribution in [0.5, 0.6) is 0 Å². The van der Waals surface area contributed by atoms with Gasteiger partial charge in [0.1, 0.15) is 16.9 Å². The van der Waals surface area contributed by atoms with Gasteiger partial charge in [-0.1, -0.05) is 30.3 Å². The second-order valence-corrected chi connectivity index (χ2v) is 10.7. The highest BCUT2D eigenvalue weighted by molar-refractivity contribution is 7.89. The number of benzene rings is 2. The number of nitrogen functional groups attached to an aromatic ring is 1. The van der Waals surface area contributed by atoms with E-state index in [1.807, 2.05) is 6.07 Å². The summed E-state index contributed by atoms with van der Waals surface area (Å²) in [5, 5.41) is 7.65.